The monoisotopic (exact) mass is 525 g/mol. The minimum atomic E-state index is -1.23. The van der Waals surface area contributed by atoms with Crippen molar-refractivity contribution in [2.45, 2.75) is 19.6 Å². The molecule has 0 spiro atoms. The third-order valence-electron chi connectivity index (χ3n) is 6.13. The molecule has 1 aromatic heterocycles. The van der Waals surface area contributed by atoms with Crippen LogP contribution in [0.5, 0.6) is 11.5 Å². The number of benzene rings is 4. The summed E-state index contributed by atoms with van der Waals surface area (Å²) in [5.41, 5.74) is 1.70. The molecule has 0 radical (unpaired) electrons. The highest BCUT2D eigenvalue weighted by molar-refractivity contribution is 5.50. The van der Waals surface area contributed by atoms with Crippen LogP contribution in [0.3, 0.4) is 0 Å². The van der Waals surface area contributed by atoms with E-state index in [0.717, 1.165) is 17.7 Å². The van der Waals surface area contributed by atoms with Gasteiger partial charge in [-0.05, 0) is 66.2 Å². The molecule has 0 amide bonds. The van der Waals surface area contributed by atoms with Gasteiger partial charge in [-0.25, -0.2) is 13.2 Å². The maximum absolute atomic E-state index is 14.6. The molecule has 9 heteroatoms. The zero-order chi connectivity index (χ0) is 27.2. The largest absolute Gasteiger partial charge is 0.457 e. The summed E-state index contributed by atoms with van der Waals surface area (Å²) < 4.78 is 50.9. The first-order valence-corrected chi connectivity index (χ1v) is 12.1. The Morgan fingerprint density at radius 1 is 0.795 bits per heavy atom. The number of rotatable bonds is 9. The molecule has 0 saturated heterocycles. The summed E-state index contributed by atoms with van der Waals surface area (Å²) in [5.74, 6) is -1.42. The second kappa shape index (κ2) is 11.5. The highest BCUT2D eigenvalue weighted by Gasteiger charge is 2.20. The highest BCUT2D eigenvalue weighted by Crippen LogP contribution is 2.28. The van der Waals surface area contributed by atoms with E-state index >= 15 is 0 Å². The van der Waals surface area contributed by atoms with Crippen molar-refractivity contribution >= 4 is 5.69 Å². The molecule has 6 nitrogen and oxygen atoms in total. The zero-order valence-corrected chi connectivity index (χ0v) is 20.6. The van der Waals surface area contributed by atoms with Crippen LogP contribution in [0.25, 0.3) is 0 Å². The molecule has 0 N–H and O–H groups in total. The molecule has 0 atom stereocenters. The van der Waals surface area contributed by atoms with E-state index in [4.69, 9.17) is 10.00 Å². The summed E-state index contributed by atoms with van der Waals surface area (Å²) in [5, 5.41) is 17.3. The van der Waals surface area contributed by atoms with Crippen molar-refractivity contribution in [3.8, 4) is 17.6 Å². The van der Waals surface area contributed by atoms with Crippen LogP contribution in [-0.4, -0.2) is 14.8 Å². The molecular formula is C30H22F3N5O. The van der Waals surface area contributed by atoms with Crippen LogP contribution in [0.15, 0.2) is 97.3 Å². The van der Waals surface area contributed by atoms with E-state index in [1.165, 1.54) is 0 Å². The predicted octanol–water partition coefficient (Wildman–Crippen LogP) is 6.61. The fourth-order valence-electron chi connectivity index (χ4n) is 4.08. The molecule has 194 valence electrons. The van der Waals surface area contributed by atoms with Gasteiger partial charge in [0.2, 0.25) is 0 Å². The van der Waals surface area contributed by atoms with Gasteiger partial charge in [0.25, 0.3) is 0 Å². The Bertz CT molecular complexity index is 1600. The molecule has 4 aromatic carbocycles. The normalized spacial score (nSPS) is 10.7. The smallest absolute Gasteiger partial charge is 0.166 e. The van der Waals surface area contributed by atoms with Gasteiger partial charge in [0.05, 0.1) is 24.7 Å². The molecule has 0 bridgehead atoms. The predicted molar refractivity (Wildman–Crippen MR) is 139 cm³/mol. The summed E-state index contributed by atoms with van der Waals surface area (Å²) in [7, 11) is 0. The van der Waals surface area contributed by atoms with Gasteiger partial charge < -0.3 is 14.2 Å². The van der Waals surface area contributed by atoms with Crippen molar-refractivity contribution in [1.29, 1.82) is 5.26 Å². The molecule has 0 aliphatic carbocycles. The summed E-state index contributed by atoms with van der Waals surface area (Å²) in [6.45, 7) is 0.303. The van der Waals surface area contributed by atoms with Gasteiger partial charge in [0.1, 0.15) is 23.6 Å². The number of nitrogens with zero attached hydrogens (tertiary/aromatic N) is 5. The number of anilines is 1. The Morgan fingerprint density at radius 2 is 1.49 bits per heavy atom. The second-order valence-electron chi connectivity index (χ2n) is 8.77. The molecule has 1 heterocycles. The van der Waals surface area contributed by atoms with Crippen LogP contribution < -0.4 is 9.64 Å². The Kier molecular flexibility index (Phi) is 7.55. The van der Waals surface area contributed by atoms with Crippen molar-refractivity contribution in [3.63, 3.8) is 0 Å². The average molecular weight is 526 g/mol. The first kappa shape index (κ1) is 25.5. The maximum atomic E-state index is 14.6. The number of nitriles is 1. The molecule has 39 heavy (non-hydrogen) atoms. The molecule has 0 saturated carbocycles. The van der Waals surface area contributed by atoms with Crippen LogP contribution in [-0.2, 0) is 19.6 Å². The fourth-order valence-corrected chi connectivity index (χ4v) is 4.08. The number of para-hydroxylation sites is 1. The lowest BCUT2D eigenvalue weighted by atomic mass is 10.1. The summed E-state index contributed by atoms with van der Waals surface area (Å²) in [6, 6.07) is 27.2. The van der Waals surface area contributed by atoms with E-state index in [9.17, 15) is 13.2 Å². The van der Waals surface area contributed by atoms with Gasteiger partial charge >= 0.3 is 0 Å². The van der Waals surface area contributed by atoms with Gasteiger partial charge in [0.15, 0.2) is 17.5 Å². The highest BCUT2D eigenvalue weighted by atomic mass is 19.2. The number of hydrogen-bond donors (Lipinski definition) is 0. The van der Waals surface area contributed by atoms with E-state index in [2.05, 4.69) is 16.3 Å². The third-order valence-corrected chi connectivity index (χ3v) is 6.13. The summed E-state index contributed by atoms with van der Waals surface area (Å²) in [6.07, 6.45) is 1.56. The van der Waals surface area contributed by atoms with Gasteiger partial charge in [-0.15, -0.1) is 10.2 Å². The molecular weight excluding hydrogens is 503 g/mol. The maximum Gasteiger partial charge on any atom is 0.166 e. The van der Waals surface area contributed by atoms with Gasteiger partial charge in [0, 0.05) is 17.8 Å². The second-order valence-corrected chi connectivity index (χ2v) is 8.77. The van der Waals surface area contributed by atoms with Gasteiger partial charge in [-0.3, -0.25) is 0 Å². The molecule has 5 aromatic rings. The quantitative estimate of drug-likeness (QED) is 0.203. The van der Waals surface area contributed by atoms with E-state index in [0.29, 0.717) is 35.1 Å². The van der Waals surface area contributed by atoms with E-state index in [1.54, 1.807) is 52.2 Å². The Labute approximate surface area is 223 Å². The molecule has 0 aliphatic rings. The Balaban J connectivity index is 1.43. The number of hydrogen-bond acceptors (Lipinski definition) is 5. The first-order valence-electron chi connectivity index (χ1n) is 12.1. The third kappa shape index (κ3) is 6.08. The molecule has 0 unspecified atom stereocenters. The molecule has 0 aliphatic heterocycles. The lowest BCUT2D eigenvalue weighted by molar-refractivity contribution is 0.476. The fraction of sp³-hybridized carbons (Fsp3) is 0.100. The first-order chi connectivity index (χ1) is 19.0. The minimum Gasteiger partial charge on any atom is -0.457 e. The van der Waals surface area contributed by atoms with Crippen molar-refractivity contribution in [2.24, 2.45) is 0 Å². The average Bonchev–Trinajstić information content (AvgIpc) is 3.40. The van der Waals surface area contributed by atoms with E-state index in [-0.39, 0.29) is 13.1 Å². The summed E-state index contributed by atoms with van der Waals surface area (Å²) >= 11 is 0. The van der Waals surface area contributed by atoms with Gasteiger partial charge in [-0.2, -0.15) is 5.26 Å². The molecule has 0 fully saturated rings. The SMILES string of the molecule is N#Cc1ccc(Cn2cnnc2CN(Cc2c(F)ccc(F)c2F)c2ccc(Oc3ccccc3)cc2)cc1. The van der Waals surface area contributed by atoms with Crippen LogP contribution in [0.1, 0.15) is 22.5 Å². The van der Waals surface area contributed by atoms with Crippen molar-refractivity contribution in [2.75, 3.05) is 4.90 Å². The zero-order valence-electron chi connectivity index (χ0n) is 20.6. The van der Waals surface area contributed by atoms with Crippen LogP contribution in [0.4, 0.5) is 18.9 Å². The number of aromatic nitrogens is 3. The Hall–Kier alpha value is -5.10. The summed E-state index contributed by atoms with van der Waals surface area (Å²) in [4.78, 5) is 1.69. The van der Waals surface area contributed by atoms with Crippen LogP contribution >= 0.6 is 0 Å². The topological polar surface area (TPSA) is 67.0 Å². The van der Waals surface area contributed by atoms with Crippen molar-refractivity contribution in [3.05, 3.63) is 137 Å². The lowest BCUT2D eigenvalue weighted by Crippen LogP contribution is -2.26. The van der Waals surface area contributed by atoms with Crippen molar-refractivity contribution < 1.29 is 17.9 Å². The van der Waals surface area contributed by atoms with Gasteiger partial charge in [-0.1, -0.05) is 30.3 Å². The Morgan fingerprint density at radius 3 is 2.21 bits per heavy atom. The van der Waals surface area contributed by atoms with E-state index in [1.807, 2.05) is 42.5 Å². The number of halogens is 3. The van der Waals surface area contributed by atoms with Crippen LogP contribution in [0.2, 0.25) is 0 Å². The number of ether oxygens (including phenoxy) is 1. The van der Waals surface area contributed by atoms with E-state index < -0.39 is 23.0 Å². The lowest BCUT2D eigenvalue weighted by Gasteiger charge is -2.25. The molecule has 5 rings (SSSR count). The standard InChI is InChI=1S/C30H22F3N5O/c31-27-14-15-28(32)30(33)26(27)18-37(23-10-12-25(13-11-23)39-24-4-2-1-3-5-24)19-29-36-35-20-38(29)17-22-8-6-21(16-34)7-9-22/h1-15,20H,17-19H2. The minimum absolute atomic E-state index is 0.130. The van der Waals surface area contributed by atoms with Crippen LogP contribution in [0, 0.1) is 28.8 Å². The van der Waals surface area contributed by atoms with Crippen molar-refractivity contribution in [1.82, 2.24) is 14.8 Å².